The lowest BCUT2D eigenvalue weighted by molar-refractivity contribution is 0.395. The van der Waals surface area contributed by atoms with E-state index in [0.29, 0.717) is 23.6 Å². The van der Waals surface area contributed by atoms with Gasteiger partial charge in [0.05, 0.1) is 11.9 Å². The van der Waals surface area contributed by atoms with Crippen LogP contribution in [0.15, 0.2) is 12.3 Å². The number of hydrogen-bond acceptors (Lipinski definition) is 8. The zero-order valence-corrected chi connectivity index (χ0v) is 14.9. The first-order chi connectivity index (χ1) is 11.6. The predicted molar refractivity (Wildman–Crippen MR) is 95.8 cm³/mol. The summed E-state index contributed by atoms with van der Waals surface area (Å²) in [5.74, 6) is 1.28. The number of likely N-dealkylation sites (N-methyl/N-ethyl adjacent to an activating group) is 1. The van der Waals surface area contributed by atoms with Crippen molar-refractivity contribution in [2.45, 2.75) is 38.8 Å². The molecule has 2 atom stereocenters. The van der Waals surface area contributed by atoms with Crippen LogP contribution in [0.25, 0.3) is 0 Å². The fraction of sp³-hybridized carbons (Fsp3) is 0.500. The van der Waals surface area contributed by atoms with Crippen LogP contribution < -0.4 is 15.5 Å². The minimum atomic E-state index is 0.291. The molecule has 0 aliphatic carbocycles. The number of rotatable bonds is 4. The standard InChI is InChI=1S/C16H21N7S/c1-10-6-15(24-22-10)21-16-13(7-17)19-8-14(20-16)23-9-12(18-3)5-4-11(23)2/h6,8,11-12,18H,4-5,9H2,1-3H3,(H,20,21). The summed E-state index contributed by atoms with van der Waals surface area (Å²) < 4.78 is 4.24. The van der Waals surface area contributed by atoms with Crippen molar-refractivity contribution in [1.29, 1.82) is 5.26 Å². The SMILES string of the molecule is CNC1CCC(C)N(c2cnc(C#N)c(Nc3cc(C)ns3)n2)C1. The normalized spacial score (nSPS) is 20.7. The number of nitriles is 1. The van der Waals surface area contributed by atoms with Gasteiger partial charge >= 0.3 is 0 Å². The second-order valence-corrected chi connectivity index (χ2v) is 6.86. The van der Waals surface area contributed by atoms with Gasteiger partial charge in [-0.15, -0.1) is 0 Å². The molecule has 1 aliphatic rings. The fourth-order valence-electron chi connectivity index (χ4n) is 2.89. The molecule has 1 saturated heterocycles. The number of nitrogens with zero attached hydrogens (tertiary/aromatic N) is 5. The molecule has 0 bridgehead atoms. The van der Waals surface area contributed by atoms with E-state index in [-0.39, 0.29) is 0 Å². The number of aryl methyl sites for hydroxylation is 1. The van der Waals surface area contributed by atoms with Crippen LogP contribution in [0.2, 0.25) is 0 Å². The molecule has 8 heteroatoms. The van der Waals surface area contributed by atoms with Gasteiger partial charge in [0, 0.05) is 18.6 Å². The number of nitrogens with one attached hydrogen (secondary N) is 2. The molecule has 24 heavy (non-hydrogen) atoms. The van der Waals surface area contributed by atoms with Crippen LogP contribution in [0.4, 0.5) is 16.6 Å². The monoisotopic (exact) mass is 343 g/mol. The molecular weight excluding hydrogens is 322 g/mol. The van der Waals surface area contributed by atoms with Crippen LogP contribution in [0, 0.1) is 18.3 Å². The molecule has 2 aromatic rings. The average molecular weight is 343 g/mol. The third kappa shape index (κ3) is 3.47. The first kappa shape index (κ1) is 16.6. The Balaban J connectivity index is 1.89. The third-order valence-electron chi connectivity index (χ3n) is 4.32. The summed E-state index contributed by atoms with van der Waals surface area (Å²) in [5, 5.41) is 16.7. The molecule has 2 unspecified atom stereocenters. The Morgan fingerprint density at radius 1 is 1.42 bits per heavy atom. The first-order valence-electron chi connectivity index (χ1n) is 8.02. The first-order valence-corrected chi connectivity index (χ1v) is 8.79. The molecular formula is C16H21N7S. The molecule has 1 fully saturated rings. The highest BCUT2D eigenvalue weighted by atomic mass is 32.1. The van der Waals surface area contributed by atoms with Crippen molar-refractivity contribution in [3.05, 3.63) is 23.7 Å². The topological polar surface area (TPSA) is 89.8 Å². The van der Waals surface area contributed by atoms with Gasteiger partial charge in [0.25, 0.3) is 0 Å². The van der Waals surface area contributed by atoms with Crippen molar-refractivity contribution in [3.63, 3.8) is 0 Å². The van der Waals surface area contributed by atoms with Crippen molar-refractivity contribution < 1.29 is 0 Å². The highest BCUT2D eigenvalue weighted by Crippen LogP contribution is 2.27. The van der Waals surface area contributed by atoms with E-state index in [1.807, 2.05) is 20.0 Å². The number of hydrogen-bond donors (Lipinski definition) is 2. The molecule has 0 aromatic carbocycles. The molecule has 2 aromatic heterocycles. The highest BCUT2D eigenvalue weighted by molar-refractivity contribution is 7.10. The zero-order chi connectivity index (χ0) is 17.1. The van der Waals surface area contributed by atoms with Gasteiger partial charge in [0.1, 0.15) is 16.9 Å². The van der Waals surface area contributed by atoms with Gasteiger partial charge in [-0.25, -0.2) is 9.97 Å². The average Bonchev–Trinajstić information content (AvgIpc) is 3.00. The molecule has 3 rings (SSSR count). The fourth-order valence-corrected chi connectivity index (χ4v) is 3.55. The van der Waals surface area contributed by atoms with Gasteiger partial charge in [-0.1, -0.05) is 0 Å². The number of piperidine rings is 1. The second-order valence-electron chi connectivity index (χ2n) is 6.06. The molecule has 1 aliphatic heterocycles. The molecule has 126 valence electrons. The van der Waals surface area contributed by atoms with Gasteiger partial charge in [-0.05, 0) is 51.3 Å². The van der Waals surface area contributed by atoms with Gasteiger partial charge in [0.2, 0.25) is 0 Å². The largest absolute Gasteiger partial charge is 0.351 e. The van der Waals surface area contributed by atoms with E-state index < -0.39 is 0 Å². The van der Waals surface area contributed by atoms with E-state index in [1.54, 1.807) is 6.20 Å². The van der Waals surface area contributed by atoms with Gasteiger partial charge in [0.15, 0.2) is 11.5 Å². The smallest absolute Gasteiger partial charge is 0.183 e. The Hall–Kier alpha value is -2.24. The predicted octanol–water partition coefficient (Wildman–Crippen LogP) is 2.43. The van der Waals surface area contributed by atoms with Crippen molar-refractivity contribution in [2.75, 3.05) is 23.8 Å². The van der Waals surface area contributed by atoms with Crippen molar-refractivity contribution in [1.82, 2.24) is 19.7 Å². The van der Waals surface area contributed by atoms with E-state index in [2.05, 4.69) is 42.9 Å². The minimum Gasteiger partial charge on any atom is -0.351 e. The number of aromatic nitrogens is 3. The third-order valence-corrected chi connectivity index (χ3v) is 5.12. The quantitative estimate of drug-likeness (QED) is 0.881. The van der Waals surface area contributed by atoms with Crippen LogP contribution in [0.1, 0.15) is 31.2 Å². The molecule has 0 radical (unpaired) electrons. The Kier molecular flexibility index (Phi) is 4.92. The Labute approximate surface area is 145 Å². The Bertz CT molecular complexity index is 751. The van der Waals surface area contributed by atoms with Crippen LogP contribution in [-0.4, -0.2) is 40.0 Å². The summed E-state index contributed by atoms with van der Waals surface area (Å²) in [6.07, 6.45) is 3.95. The van der Waals surface area contributed by atoms with Crippen molar-refractivity contribution >= 4 is 28.2 Å². The van der Waals surface area contributed by atoms with Crippen LogP contribution >= 0.6 is 11.5 Å². The molecule has 0 saturated carbocycles. The van der Waals surface area contributed by atoms with E-state index in [1.165, 1.54) is 11.5 Å². The molecule has 2 N–H and O–H groups in total. The molecule has 7 nitrogen and oxygen atoms in total. The zero-order valence-electron chi connectivity index (χ0n) is 14.1. The van der Waals surface area contributed by atoms with Crippen molar-refractivity contribution in [3.8, 4) is 6.07 Å². The van der Waals surface area contributed by atoms with Crippen LogP contribution in [-0.2, 0) is 0 Å². The van der Waals surface area contributed by atoms with E-state index in [0.717, 1.165) is 35.9 Å². The second kappa shape index (κ2) is 7.11. The van der Waals surface area contributed by atoms with Crippen molar-refractivity contribution in [2.24, 2.45) is 0 Å². The number of anilines is 3. The molecule has 0 amide bonds. The van der Waals surface area contributed by atoms with E-state index in [4.69, 9.17) is 0 Å². The van der Waals surface area contributed by atoms with Crippen LogP contribution in [0.3, 0.4) is 0 Å². The summed E-state index contributed by atoms with van der Waals surface area (Å²) in [5.41, 5.74) is 1.23. The molecule has 3 heterocycles. The molecule has 0 spiro atoms. The summed E-state index contributed by atoms with van der Waals surface area (Å²) in [6.45, 7) is 5.02. The minimum absolute atomic E-state index is 0.291. The van der Waals surface area contributed by atoms with E-state index in [9.17, 15) is 5.26 Å². The maximum atomic E-state index is 9.31. The Morgan fingerprint density at radius 3 is 2.92 bits per heavy atom. The van der Waals surface area contributed by atoms with Gasteiger partial charge < -0.3 is 15.5 Å². The summed E-state index contributed by atoms with van der Waals surface area (Å²) in [7, 11) is 1.99. The summed E-state index contributed by atoms with van der Waals surface area (Å²) >= 11 is 1.35. The van der Waals surface area contributed by atoms with E-state index >= 15 is 0 Å². The van der Waals surface area contributed by atoms with Gasteiger partial charge in [-0.3, -0.25) is 0 Å². The summed E-state index contributed by atoms with van der Waals surface area (Å²) in [6, 6.07) is 4.87. The highest BCUT2D eigenvalue weighted by Gasteiger charge is 2.26. The lowest BCUT2D eigenvalue weighted by Crippen LogP contribution is -2.49. The summed E-state index contributed by atoms with van der Waals surface area (Å²) in [4.78, 5) is 11.2. The lowest BCUT2D eigenvalue weighted by atomic mass is 10.00. The maximum absolute atomic E-state index is 9.31. The Morgan fingerprint density at radius 2 is 2.25 bits per heavy atom. The lowest BCUT2D eigenvalue weighted by Gasteiger charge is -2.38. The van der Waals surface area contributed by atoms with Crippen LogP contribution in [0.5, 0.6) is 0 Å². The maximum Gasteiger partial charge on any atom is 0.183 e. The van der Waals surface area contributed by atoms with Gasteiger partial charge in [-0.2, -0.15) is 9.64 Å².